The SMILES string of the molecule is Cc1ccc(C(=O)NCC(N2CCNCC2)C(F)(F)F)cc1F.Cl. The number of benzene rings is 1. The van der Waals surface area contributed by atoms with E-state index in [1.54, 1.807) is 6.92 Å². The molecular formula is C15H20ClF4N3O. The number of aryl methyl sites for hydroxylation is 1. The maximum Gasteiger partial charge on any atom is 0.405 e. The highest BCUT2D eigenvalue weighted by Crippen LogP contribution is 2.24. The Morgan fingerprint density at radius 2 is 1.96 bits per heavy atom. The highest BCUT2D eigenvalue weighted by Gasteiger charge is 2.43. The number of halogens is 5. The lowest BCUT2D eigenvalue weighted by Crippen LogP contribution is -2.57. The molecule has 2 rings (SSSR count). The molecule has 9 heteroatoms. The Labute approximate surface area is 144 Å². The number of carbonyl (C=O) groups excluding carboxylic acids is 1. The van der Waals surface area contributed by atoms with Crippen LogP contribution in [0.25, 0.3) is 0 Å². The Morgan fingerprint density at radius 1 is 1.33 bits per heavy atom. The Balaban J connectivity index is 0.00000288. The Bertz CT molecular complexity index is 562. The maximum absolute atomic E-state index is 13.4. The number of amides is 1. The lowest BCUT2D eigenvalue weighted by molar-refractivity contribution is -0.183. The number of hydrogen-bond acceptors (Lipinski definition) is 3. The molecule has 1 aliphatic heterocycles. The molecule has 1 atom stereocenters. The van der Waals surface area contributed by atoms with Gasteiger partial charge in [0.2, 0.25) is 0 Å². The zero-order chi connectivity index (χ0) is 17.0. The summed E-state index contributed by atoms with van der Waals surface area (Å²) >= 11 is 0. The van der Waals surface area contributed by atoms with Gasteiger partial charge in [-0.25, -0.2) is 4.39 Å². The van der Waals surface area contributed by atoms with E-state index < -0.39 is 30.5 Å². The molecule has 1 unspecified atom stereocenters. The quantitative estimate of drug-likeness (QED) is 0.799. The smallest absolute Gasteiger partial charge is 0.350 e. The molecule has 2 N–H and O–H groups in total. The zero-order valence-electron chi connectivity index (χ0n) is 13.1. The average molecular weight is 370 g/mol. The normalized spacial score (nSPS) is 17.0. The largest absolute Gasteiger partial charge is 0.405 e. The third-order valence-electron chi connectivity index (χ3n) is 3.86. The fourth-order valence-corrected chi connectivity index (χ4v) is 2.47. The van der Waals surface area contributed by atoms with E-state index >= 15 is 0 Å². The molecule has 0 spiro atoms. The minimum absolute atomic E-state index is 0. The van der Waals surface area contributed by atoms with Crippen LogP contribution in [0, 0.1) is 12.7 Å². The number of alkyl halides is 3. The molecule has 4 nitrogen and oxygen atoms in total. The summed E-state index contributed by atoms with van der Waals surface area (Å²) in [6.45, 7) is 2.46. The van der Waals surface area contributed by atoms with Crippen LogP contribution < -0.4 is 10.6 Å². The summed E-state index contributed by atoms with van der Waals surface area (Å²) in [5.41, 5.74) is 0.380. The van der Waals surface area contributed by atoms with Crippen molar-refractivity contribution in [1.82, 2.24) is 15.5 Å². The van der Waals surface area contributed by atoms with Gasteiger partial charge in [-0.2, -0.15) is 13.2 Å². The van der Waals surface area contributed by atoms with Gasteiger partial charge in [-0.05, 0) is 24.6 Å². The molecule has 1 aromatic rings. The second kappa shape index (κ2) is 8.64. The molecule has 1 saturated heterocycles. The maximum atomic E-state index is 13.4. The second-order valence-electron chi connectivity index (χ2n) is 5.52. The van der Waals surface area contributed by atoms with Crippen molar-refractivity contribution in [2.75, 3.05) is 32.7 Å². The van der Waals surface area contributed by atoms with E-state index in [2.05, 4.69) is 10.6 Å². The monoisotopic (exact) mass is 369 g/mol. The van der Waals surface area contributed by atoms with Gasteiger partial charge in [0.1, 0.15) is 11.9 Å². The summed E-state index contributed by atoms with van der Waals surface area (Å²) in [6, 6.07) is 2.09. The molecule has 24 heavy (non-hydrogen) atoms. The minimum Gasteiger partial charge on any atom is -0.350 e. The van der Waals surface area contributed by atoms with E-state index in [-0.39, 0.29) is 31.1 Å². The molecule has 0 radical (unpaired) electrons. The summed E-state index contributed by atoms with van der Waals surface area (Å²) in [5, 5.41) is 5.25. The van der Waals surface area contributed by atoms with Crippen LogP contribution in [0.2, 0.25) is 0 Å². The topological polar surface area (TPSA) is 44.4 Å². The summed E-state index contributed by atoms with van der Waals surface area (Å²) in [7, 11) is 0. The fraction of sp³-hybridized carbons (Fsp3) is 0.533. The van der Waals surface area contributed by atoms with Crippen molar-refractivity contribution in [2.24, 2.45) is 0 Å². The van der Waals surface area contributed by atoms with Gasteiger partial charge in [-0.15, -0.1) is 12.4 Å². The van der Waals surface area contributed by atoms with Gasteiger partial charge in [-0.3, -0.25) is 9.69 Å². The van der Waals surface area contributed by atoms with Crippen molar-refractivity contribution in [3.8, 4) is 0 Å². The van der Waals surface area contributed by atoms with Gasteiger partial charge in [0, 0.05) is 38.3 Å². The molecule has 0 aliphatic carbocycles. The average Bonchev–Trinajstić information content (AvgIpc) is 2.49. The number of rotatable bonds is 4. The lowest BCUT2D eigenvalue weighted by Gasteiger charge is -2.35. The van der Waals surface area contributed by atoms with E-state index in [4.69, 9.17) is 0 Å². The van der Waals surface area contributed by atoms with E-state index in [0.717, 1.165) is 6.07 Å². The molecule has 1 fully saturated rings. The number of carbonyl (C=O) groups is 1. The molecule has 1 heterocycles. The van der Waals surface area contributed by atoms with E-state index in [1.165, 1.54) is 17.0 Å². The number of piperazine rings is 1. The first kappa shape index (κ1) is 20.7. The van der Waals surface area contributed by atoms with Gasteiger partial charge in [-0.1, -0.05) is 6.07 Å². The van der Waals surface area contributed by atoms with Crippen LogP contribution in [0.1, 0.15) is 15.9 Å². The molecule has 1 aromatic carbocycles. The van der Waals surface area contributed by atoms with Crippen LogP contribution in [0.5, 0.6) is 0 Å². The van der Waals surface area contributed by atoms with Gasteiger partial charge in [0.15, 0.2) is 0 Å². The zero-order valence-corrected chi connectivity index (χ0v) is 13.9. The first-order valence-corrected chi connectivity index (χ1v) is 7.35. The fourth-order valence-electron chi connectivity index (χ4n) is 2.47. The van der Waals surface area contributed by atoms with E-state index in [1.807, 2.05) is 0 Å². The van der Waals surface area contributed by atoms with Gasteiger partial charge >= 0.3 is 6.18 Å². The Morgan fingerprint density at radius 3 is 2.50 bits per heavy atom. The van der Waals surface area contributed by atoms with Crippen molar-refractivity contribution >= 4 is 18.3 Å². The Kier molecular flexibility index (Phi) is 7.44. The summed E-state index contributed by atoms with van der Waals surface area (Å²) in [4.78, 5) is 13.2. The molecule has 1 aliphatic rings. The molecule has 0 saturated carbocycles. The molecule has 0 bridgehead atoms. The van der Waals surface area contributed by atoms with Gasteiger partial charge in [0.05, 0.1) is 0 Å². The van der Waals surface area contributed by atoms with Crippen molar-refractivity contribution in [1.29, 1.82) is 0 Å². The predicted octanol–water partition coefficient (Wildman–Crippen LogP) is 2.12. The number of nitrogens with zero attached hydrogens (tertiary/aromatic N) is 1. The second-order valence-corrected chi connectivity index (χ2v) is 5.52. The van der Waals surface area contributed by atoms with Crippen LogP contribution in [0.4, 0.5) is 17.6 Å². The van der Waals surface area contributed by atoms with Crippen LogP contribution >= 0.6 is 12.4 Å². The first-order chi connectivity index (χ1) is 10.8. The van der Waals surface area contributed by atoms with Crippen LogP contribution in [-0.4, -0.2) is 55.7 Å². The molecule has 1 amide bonds. The predicted molar refractivity (Wildman–Crippen MR) is 85.0 cm³/mol. The summed E-state index contributed by atoms with van der Waals surface area (Å²) in [5.74, 6) is -1.28. The van der Waals surface area contributed by atoms with Crippen molar-refractivity contribution in [3.05, 3.63) is 35.1 Å². The van der Waals surface area contributed by atoms with Crippen LogP contribution in [-0.2, 0) is 0 Å². The minimum atomic E-state index is -4.44. The molecular weight excluding hydrogens is 350 g/mol. The summed E-state index contributed by atoms with van der Waals surface area (Å²) in [6.07, 6.45) is -4.44. The van der Waals surface area contributed by atoms with Crippen molar-refractivity contribution in [2.45, 2.75) is 19.1 Å². The van der Waals surface area contributed by atoms with Gasteiger partial charge < -0.3 is 10.6 Å². The van der Waals surface area contributed by atoms with Crippen LogP contribution in [0.15, 0.2) is 18.2 Å². The van der Waals surface area contributed by atoms with Crippen molar-refractivity contribution < 1.29 is 22.4 Å². The van der Waals surface area contributed by atoms with Gasteiger partial charge in [0.25, 0.3) is 5.91 Å². The lowest BCUT2D eigenvalue weighted by atomic mass is 10.1. The third kappa shape index (κ3) is 5.32. The highest BCUT2D eigenvalue weighted by molar-refractivity contribution is 5.94. The van der Waals surface area contributed by atoms with E-state index in [9.17, 15) is 22.4 Å². The third-order valence-corrected chi connectivity index (χ3v) is 3.86. The Hall–Kier alpha value is -1.38. The van der Waals surface area contributed by atoms with Crippen molar-refractivity contribution in [3.63, 3.8) is 0 Å². The highest BCUT2D eigenvalue weighted by atomic mass is 35.5. The molecule has 136 valence electrons. The number of nitrogens with one attached hydrogen (secondary N) is 2. The van der Waals surface area contributed by atoms with E-state index in [0.29, 0.717) is 18.7 Å². The number of hydrogen-bond donors (Lipinski definition) is 2. The first-order valence-electron chi connectivity index (χ1n) is 7.35. The van der Waals surface area contributed by atoms with Crippen LogP contribution in [0.3, 0.4) is 0 Å². The molecule has 0 aromatic heterocycles. The summed E-state index contributed by atoms with van der Waals surface area (Å²) < 4.78 is 53.0. The standard InChI is InChI=1S/C15H19F4N3O.ClH/c1-10-2-3-11(8-12(10)16)14(23)21-9-13(15(17,18)19)22-6-4-20-5-7-22;/h2-3,8,13,20H,4-7,9H2,1H3,(H,21,23);1H.